The number of amides is 8. The molecule has 8 bridgehead atoms. The quantitative estimate of drug-likeness (QED) is 0.0294. The van der Waals surface area contributed by atoms with Crippen molar-refractivity contribution in [2.75, 3.05) is 52.4 Å². The first-order valence-electron chi connectivity index (χ1n) is 31.9. The fourth-order valence-corrected chi connectivity index (χ4v) is 13.6. The number of unbranched alkanes of at least 4 members (excludes halogenated alkanes) is 4. The van der Waals surface area contributed by atoms with Crippen LogP contribution in [-0.4, -0.2) is 222 Å². The smallest absolute Gasteiger partial charge is 0.724 e. The van der Waals surface area contributed by atoms with Crippen molar-refractivity contribution in [1.29, 1.82) is 0 Å². The van der Waals surface area contributed by atoms with Gasteiger partial charge in [-0.25, -0.2) is 41.1 Å². The van der Waals surface area contributed by atoms with E-state index >= 15 is 0 Å². The van der Waals surface area contributed by atoms with Crippen LogP contribution in [0.15, 0.2) is 74.0 Å². The summed E-state index contributed by atoms with van der Waals surface area (Å²) in [6, 6.07) is 6.00. The number of fused-ring (bicyclic) bond motifs is 8. The number of carbonyl (C=O) groups is 4. The van der Waals surface area contributed by atoms with Gasteiger partial charge in [0, 0.05) is 26.2 Å². The van der Waals surface area contributed by atoms with Gasteiger partial charge < -0.3 is 51.3 Å². The van der Waals surface area contributed by atoms with Gasteiger partial charge in [0.2, 0.25) is 46.4 Å². The Morgan fingerprint density at radius 1 is 0.505 bits per heavy atom. The van der Waals surface area contributed by atoms with Gasteiger partial charge >= 0.3 is 58.6 Å². The summed E-state index contributed by atoms with van der Waals surface area (Å²) < 4.78 is 92.1. The van der Waals surface area contributed by atoms with Gasteiger partial charge in [0.15, 0.2) is 23.3 Å². The minimum absolute atomic E-state index is 0. The molecule has 8 aliphatic heterocycles. The summed E-state index contributed by atoms with van der Waals surface area (Å²) in [6.45, 7) is 17.1. The third-order valence-corrected chi connectivity index (χ3v) is 18.2. The van der Waals surface area contributed by atoms with Crippen LogP contribution in [0.3, 0.4) is 0 Å². The Bertz CT molecular complexity index is 3290. The molecule has 0 unspecified atom stereocenters. The van der Waals surface area contributed by atoms with E-state index in [4.69, 9.17) is 43.7 Å². The van der Waals surface area contributed by atoms with E-state index in [1.165, 1.54) is 110 Å². The van der Waals surface area contributed by atoms with Crippen LogP contribution in [0.5, 0.6) is 0 Å². The second-order valence-corrected chi connectivity index (χ2v) is 27.7. The molecule has 12 heterocycles. The summed E-state index contributed by atoms with van der Waals surface area (Å²) in [7, 11) is -9.94. The Hall–Kier alpha value is -5.59. The van der Waals surface area contributed by atoms with Crippen molar-refractivity contribution < 1.29 is 116 Å². The number of halogens is 3. The van der Waals surface area contributed by atoms with E-state index in [0.717, 1.165) is 49.1 Å². The number of hydrogen-bond acceptors (Lipinski definition) is 26. The molecule has 35 nitrogen and oxygen atoms in total. The summed E-state index contributed by atoms with van der Waals surface area (Å²) in [6.07, 6.45) is 21.2. The topological polar surface area (TPSA) is 412 Å². The zero-order valence-corrected chi connectivity index (χ0v) is 60.4. The maximum Gasteiger partial charge on any atom is 1.00 e. The van der Waals surface area contributed by atoms with Crippen molar-refractivity contribution in [1.82, 2.24) is 80.4 Å². The van der Waals surface area contributed by atoms with Crippen molar-refractivity contribution >= 4 is 84.3 Å². The molecule has 1 aromatic carbocycles. The molecule has 8 aliphatic rings. The fraction of sp³-hybridized carbons (Fsp3) is 0.673. The van der Waals surface area contributed by atoms with Gasteiger partial charge in [-0.3, -0.25) is 10.0 Å². The molecule has 5 aromatic rings. The molecule has 0 radical (unpaired) electrons. The maximum absolute atomic E-state index is 12.6. The van der Waals surface area contributed by atoms with Gasteiger partial charge in [0.25, 0.3) is 0 Å². The SMILES string of the molecule is CCCC[N+](CCCC)(CCCC)CCCC.ClB(Cl)Cl.O=C1N(O)[C@@H]2CC[C@@H](c3ncon3)N1C2.O=C1N2C[C@@H](CC[C@H]2c2ncon2)N1OCc1ccccc1.O=C1N2C[C@@H](CC[C@H]2c2ncon2)N1OS(=O)(=O)[O-].O=C1N2C[C@@H](CC[C@H]2c2ncon2)N1OS(=O)(=O)[O-].[Na+]. The van der Waals surface area contributed by atoms with E-state index in [1.807, 2.05) is 30.3 Å². The minimum atomic E-state index is -4.97. The number of aromatic nitrogens is 8. The third kappa shape index (κ3) is 21.5. The number of hydroxylamine groups is 8. The third-order valence-electron chi connectivity index (χ3n) is 17.5. The molecule has 13 rings (SSSR count). The summed E-state index contributed by atoms with van der Waals surface area (Å²) in [4.78, 5) is 75.0. The van der Waals surface area contributed by atoms with Crippen LogP contribution in [0.1, 0.15) is 183 Å². The van der Waals surface area contributed by atoms with E-state index in [-0.39, 0.29) is 78.9 Å². The summed E-state index contributed by atoms with van der Waals surface area (Å²) in [5.41, 5.74) is 1.04. The molecule has 42 heteroatoms. The van der Waals surface area contributed by atoms with E-state index in [0.29, 0.717) is 78.8 Å². The number of piperidine rings is 4. The van der Waals surface area contributed by atoms with Crippen molar-refractivity contribution in [2.45, 2.75) is 185 Å². The monoisotopic (exact) mass is 1470 g/mol. The van der Waals surface area contributed by atoms with Crippen molar-refractivity contribution in [2.24, 2.45) is 0 Å². The van der Waals surface area contributed by atoms with Gasteiger partial charge in [0.05, 0.1) is 74.5 Å². The van der Waals surface area contributed by atoms with Crippen molar-refractivity contribution in [3.63, 3.8) is 0 Å². The van der Waals surface area contributed by atoms with E-state index in [2.05, 4.69) is 90.4 Å². The first-order chi connectivity index (χ1) is 46.0. The van der Waals surface area contributed by atoms with Gasteiger partial charge in [-0.2, -0.15) is 78.1 Å². The number of quaternary nitrogens is 1. The summed E-state index contributed by atoms with van der Waals surface area (Å²) in [5.74, 6) is 1.77. The number of hydrogen-bond donors (Lipinski definition) is 1. The predicted molar refractivity (Wildman–Crippen MR) is 333 cm³/mol. The number of nitrogens with zero attached hydrogens (tertiary/aromatic N) is 17. The molecule has 1 N–H and O–H groups in total. The first kappa shape index (κ1) is 78.7. The largest absolute Gasteiger partial charge is 1.00 e. The molecule has 8 atom stereocenters. The molecule has 530 valence electrons. The average molecular weight is 1470 g/mol. The molecule has 97 heavy (non-hydrogen) atoms. The summed E-state index contributed by atoms with van der Waals surface area (Å²) >= 11 is 14.4. The summed E-state index contributed by atoms with van der Waals surface area (Å²) in [5, 5.41) is 27.9. The van der Waals surface area contributed by atoms with E-state index in [1.54, 1.807) is 9.80 Å². The van der Waals surface area contributed by atoms with Crippen LogP contribution in [0.25, 0.3) is 0 Å². The first-order valence-corrected chi connectivity index (χ1v) is 35.8. The number of benzene rings is 1. The molecule has 8 amide bonds. The maximum atomic E-state index is 12.6. The van der Waals surface area contributed by atoms with Crippen LogP contribution < -0.4 is 29.6 Å². The molecule has 0 aliphatic carbocycles. The molecule has 8 fully saturated rings. The fourth-order valence-electron chi connectivity index (χ4n) is 12.8. The van der Waals surface area contributed by atoms with Gasteiger partial charge in [-0.05, 0) is 82.6 Å². The Morgan fingerprint density at radius 3 is 1.11 bits per heavy atom. The molecular weight excluding hydrogens is 1390 g/mol. The Morgan fingerprint density at radius 2 is 0.804 bits per heavy atom. The predicted octanol–water partition coefficient (Wildman–Crippen LogP) is 5.04. The minimum Gasteiger partial charge on any atom is -0.724 e. The van der Waals surface area contributed by atoms with Gasteiger partial charge in [-0.15, -0.1) is 0 Å². The van der Waals surface area contributed by atoms with Gasteiger partial charge in [-0.1, -0.05) is 104 Å². The molecule has 0 spiro atoms. The van der Waals surface area contributed by atoms with E-state index in [9.17, 15) is 50.3 Å². The Balaban J connectivity index is 0.000000169. The number of urea groups is 4. The van der Waals surface area contributed by atoms with Crippen molar-refractivity contribution in [3.8, 4) is 0 Å². The van der Waals surface area contributed by atoms with E-state index < -0.39 is 62.0 Å². The molecule has 4 aromatic heterocycles. The van der Waals surface area contributed by atoms with Crippen LogP contribution >= 0.6 is 34.4 Å². The zero-order chi connectivity index (χ0) is 69.2. The Labute approximate surface area is 599 Å². The average Bonchev–Trinajstić information content (AvgIpc) is 1.65. The zero-order valence-electron chi connectivity index (χ0n) is 54.5. The second-order valence-electron chi connectivity index (χ2n) is 23.8. The van der Waals surface area contributed by atoms with Crippen LogP contribution in [0.4, 0.5) is 19.2 Å². The number of carbonyl (C=O) groups excluding carboxylic acids is 4. The second kappa shape index (κ2) is 37.2. The Kier molecular flexibility index (Phi) is 30.2. The standard InChI is InChI=1S/C16H36N.C15H16N4O3.2C8H10N4O6S.C8H10N4O3.BCl3.Na/c1-5-9-13-17(14-10-6-2,15-11-7-3)16-12-8-4;20-15-18-8-12(6-7-13(18)14-16-10-21-17-14)19(15)22-9-11-4-2-1-3-5-11;2*13-8-11-3-5(12(8)18-19(14,15)16)1-2-6(11)7-9-4-17-10-7;13-8-11-3-5(12(8)14)1-2-6(11)7-9-4-15-10-7;2-1(3)4;/h5-16H2,1-4H3;1-5,10,12-13H,6-9H2;2*4-6H,1-3H2,(H,14,15,16);4-6,14H,1-3H2;;/q+1;;;;;;+1/p-2/t;12-,13+;3*5-,6+;;/m.1111../s1. The van der Waals surface area contributed by atoms with Crippen LogP contribution in [-0.2, 0) is 40.8 Å². The molecule has 0 saturated carbocycles. The molecule has 8 saturated heterocycles. The van der Waals surface area contributed by atoms with Gasteiger partial charge in [0.1, 0.15) is 6.61 Å². The van der Waals surface area contributed by atoms with Crippen LogP contribution in [0.2, 0.25) is 0 Å². The molecular formula is C55H80BCl3N17NaO18S2. The van der Waals surface area contributed by atoms with Crippen LogP contribution in [0, 0.1) is 0 Å². The normalized spacial score (nSPS) is 23.1. The van der Waals surface area contributed by atoms with Crippen molar-refractivity contribution in [3.05, 3.63) is 84.8 Å². The number of rotatable bonds is 23.